The summed E-state index contributed by atoms with van der Waals surface area (Å²) in [6.07, 6.45) is 0.919. The molecule has 0 saturated heterocycles. The topological polar surface area (TPSA) is 57.2 Å². The fourth-order valence-electron chi connectivity index (χ4n) is 1.11. The van der Waals surface area contributed by atoms with E-state index in [4.69, 9.17) is 18.9 Å². The van der Waals surface area contributed by atoms with E-state index in [0.29, 0.717) is 0 Å². The first-order valence-corrected chi connectivity index (χ1v) is 4.85. The van der Waals surface area contributed by atoms with E-state index in [9.17, 15) is 5.11 Å². The summed E-state index contributed by atoms with van der Waals surface area (Å²) in [4.78, 5) is 0. The first kappa shape index (κ1) is 15.3. The molecule has 0 fully saturated rings. The number of hydrogen-bond donors (Lipinski definition) is 1. The zero-order chi connectivity index (χ0) is 12.4. The van der Waals surface area contributed by atoms with E-state index in [0.717, 1.165) is 0 Å². The molecule has 0 bridgehead atoms. The van der Waals surface area contributed by atoms with E-state index in [2.05, 4.69) is 13.2 Å². The van der Waals surface area contributed by atoms with Gasteiger partial charge in [-0.3, -0.25) is 0 Å². The highest BCUT2D eigenvalue weighted by molar-refractivity contribution is 4.96. The highest BCUT2D eigenvalue weighted by atomic mass is 16.7. The smallest absolute Gasteiger partial charge is 0.147 e. The zero-order valence-electron chi connectivity index (χ0n) is 9.80. The summed E-state index contributed by atoms with van der Waals surface area (Å²) in [6, 6.07) is 0. The summed E-state index contributed by atoms with van der Waals surface area (Å²) in [5, 5.41) is 9.68. The van der Waals surface area contributed by atoms with Crippen molar-refractivity contribution >= 4 is 0 Å². The normalized spacial score (nSPS) is 16.4. The summed E-state index contributed by atoms with van der Waals surface area (Å²) in [6.45, 7) is 7.25. The lowest BCUT2D eigenvalue weighted by molar-refractivity contribution is -0.164. The molecule has 1 N–H and O–H groups in total. The standard InChI is InChI=1S/C11H20O5/c1-5-9(12)11(16-8-14-4)10(6-2)15-7-13-3/h5-6,9-12H,1-2,7-8H2,3-4H3/t9-,10+,11+/m1/s1. The molecule has 0 amide bonds. The van der Waals surface area contributed by atoms with Gasteiger partial charge in [-0.15, -0.1) is 13.2 Å². The fourth-order valence-corrected chi connectivity index (χ4v) is 1.11. The van der Waals surface area contributed by atoms with E-state index < -0.39 is 18.3 Å². The molecule has 0 heterocycles. The molecule has 0 radical (unpaired) electrons. The van der Waals surface area contributed by atoms with Crippen molar-refractivity contribution in [3.05, 3.63) is 25.3 Å². The van der Waals surface area contributed by atoms with Gasteiger partial charge in [0.25, 0.3) is 0 Å². The molecular weight excluding hydrogens is 212 g/mol. The van der Waals surface area contributed by atoms with Crippen molar-refractivity contribution in [1.82, 2.24) is 0 Å². The Morgan fingerprint density at radius 3 is 2.06 bits per heavy atom. The van der Waals surface area contributed by atoms with Crippen LogP contribution in [0.15, 0.2) is 25.3 Å². The molecule has 0 rings (SSSR count). The van der Waals surface area contributed by atoms with Gasteiger partial charge in [-0.25, -0.2) is 0 Å². The van der Waals surface area contributed by atoms with Crippen LogP contribution in [0.4, 0.5) is 0 Å². The van der Waals surface area contributed by atoms with Crippen LogP contribution in [0.1, 0.15) is 0 Å². The lowest BCUT2D eigenvalue weighted by Gasteiger charge is -2.27. The fraction of sp³-hybridized carbons (Fsp3) is 0.636. The van der Waals surface area contributed by atoms with Crippen molar-refractivity contribution in [2.24, 2.45) is 0 Å². The number of hydrogen-bond acceptors (Lipinski definition) is 5. The number of aliphatic hydroxyl groups is 1. The molecule has 0 aliphatic carbocycles. The van der Waals surface area contributed by atoms with Crippen LogP contribution in [-0.4, -0.2) is 51.2 Å². The van der Waals surface area contributed by atoms with Gasteiger partial charge in [-0.1, -0.05) is 12.2 Å². The van der Waals surface area contributed by atoms with Gasteiger partial charge in [-0.2, -0.15) is 0 Å². The van der Waals surface area contributed by atoms with Crippen LogP contribution in [0.5, 0.6) is 0 Å². The molecule has 94 valence electrons. The van der Waals surface area contributed by atoms with E-state index in [1.54, 1.807) is 0 Å². The maximum Gasteiger partial charge on any atom is 0.147 e. The summed E-state index contributed by atoms with van der Waals surface area (Å²) >= 11 is 0. The predicted octanol–water partition coefficient (Wildman–Crippen LogP) is 0.697. The third kappa shape index (κ3) is 5.39. The lowest BCUT2D eigenvalue weighted by atomic mass is 10.1. The second-order valence-corrected chi connectivity index (χ2v) is 3.04. The minimum absolute atomic E-state index is 0.0518. The highest BCUT2D eigenvalue weighted by Crippen LogP contribution is 2.11. The van der Waals surface area contributed by atoms with E-state index in [-0.39, 0.29) is 13.6 Å². The summed E-state index contributed by atoms with van der Waals surface area (Å²) in [5.74, 6) is 0. The molecule has 0 unspecified atom stereocenters. The van der Waals surface area contributed by atoms with Crippen LogP contribution in [0.25, 0.3) is 0 Å². The van der Waals surface area contributed by atoms with E-state index in [1.807, 2.05) is 0 Å². The molecule has 0 spiro atoms. The highest BCUT2D eigenvalue weighted by Gasteiger charge is 2.26. The Bertz CT molecular complexity index is 195. The van der Waals surface area contributed by atoms with Crippen molar-refractivity contribution in [2.45, 2.75) is 18.3 Å². The van der Waals surface area contributed by atoms with Gasteiger partial charge < -0.3 is 24.1 Å². The third-order valence-electron chi connectivity index (χ3n) is 1.89. The maximum absolute atomic E-state index is 9.68. The summed E-state index contributed by atoms with van der Waals surface area (Å²) < 4.78 is 20.1. The van der Waals surface area contributed by atoms with Gasteiger partial charge in [0, 0.05) is 14.2 Å². The zero-order valence-corrected chi connectivity index (χ0v) is 9.80. The average molecular weight is 232 g/mol. The summed E-state index contributed by atoms with van der Waals surface area (Å²) in [7, 11) is 3.01. The third-order valence-corrected chi connectivity index (χ3v) is 1.89. The molecular formula is C11H20O5. The van der Waals surface area contributed by atoms with Crippen LogP contribution >= 0.6 is 0 Å². The van der Waals surface area contributed by atoms with Crippen LogP contribution in [0.2, 0.25) is 0 Å². The van der Waals surface area contributed by atoms with Gasteiger partial charge >= 0.3 is 0 Å². The Kier molecular flexibility index (Phi) is 9.07. The predicted molar refractivity (Wildman–Crippen MR) is 59.9 cm³/mol. The van der Waals surface area contributed by atoms with Crippen LogP contribution in [0.3, 0.4) is 0 Å². The average Bonchev–Trinajstić information content (AvgIpc) is 2.32. The quantitative estimate of drug-likeness (QED) is 0.444. The second kappa shape index (κ2) is 9.50. The minimum Gasteiger partial charge on any atom is -0.386 e. The van der Waals surface area contributed by atoms with Crippen molar-refractivity contribution in [3.8, 4) is 0 Å². The van der Waals surface area contributed by atoms with Crippen molar-refractivity contribution in [3.63, 3.8) is 0 Å². The Hall–Kier alpha value is -0.720. The molecule has 5 nitrogen and oxygen atoms in total. The van der Waals surface area contributed by atoms with Crippen LogP contribution in [0, 0.1) is 0 Å². The Morgan fingerprint density at radius 1 is 1.06 bits per heavy atom. The van der Waals surface area contributed by atoms with Gasteiger partial charge in [0.15, 0.2) is 0 Å². The van der Waals surface area contributed by atoms with E-state index in [1.165, 1.54) is 26.4 Å². The molecule has 0 aromatic carbocycles. The van der Waals surface area contributed by atoms with Gasteiger partial charge in [0.2, 0.25) is 0 Å². The molecule has 0 aromatic rings. The van der Waals surface area contributed by atoms with Crippen molar-refractivity contribution < 1.29 is 24.1 Å². The Morgan fingerprint density at radius 2 is 1.62 bits per heavy atom. The number of rotatable bonds is 10. The molecule has 0 aliphatic rings. The summed E-state index contributed by atoms with van der Waals surface area (Å²) in [5.41, 5.74) is 0. The van der Waals surface area contributed by atoms with Gasteiger partial charge in [0.05, 0.1) is 0 Å². The lowest BCUT2D eigenvalue weighted by Crippen LogP contribution is -2.40. The second-order valence-electron chi connectivity index (χ2n) is 3.04. The van der Waals surface area contributed by atoms with Gasteiger partial charge in [-0.05, 0) is 0 Å². The minimum atomic E-state index is -0.866. The number of aliphatic hydroxyl groups excluding tert-OH is 1. The molecule has 16 heavy (non-hydrogen) atoms. The van der Waals surface area contributed by atoms with Crippen molar-refractivity contribution in [1.29, 1.82) is 0 Å². The number of ether oxygens (including phenoxy) is 4. The van der Waals surface area contributed by atoms with Crippen LogP contribution < -0.4 is 0 Å². The molecule has 5 heteroatoms. The first-order chi connectivity index (χ1) is 7.71. The Balaban J connectivity index is 4.41. The number of methoxy groups -OCH3 is 2. The van der Waals surface area contributed by atoms with Crippen LogP contribution in [-0.2, 0) is 18.9 Å². The first-order valence-electron chi connectivity index (χ1n) is 4.85. The molecule has 0 aromatic heterocycles. The Labute approximate surface area is 96.3 Å². The molecule has 3 atom stereocenters. The van der Waals surface area contributed by atoms with Gasteiger partial charge in [0.1, 0.15) is 31.9 Å². The largest absolute Gasteiger partial charge is 0.386 e. The maximum atomic E-state index is 9.68. The van der Waals surface area contributed by atoms with E-state index >= 15 is 0 Å². The molecule has 0 saturated carbocycles. The van der Waals surface area contributed by atoms with Crippen molar-refractivity contribution in [2.75, 3.05) is 27.8 Å². The molecule has 0 aliphatic heterocycles. The SMILES string of the molecule is C=C[C@@H](O)[C@H](OCOC)[C@H](C=C)OCOC. The monoisotopic (exact) mass is 232 g/mol.